The Balaban J connectivity index is 1.55. The van der Waals surface area contributed by atoms with E-state index in [-0.39, 0.29) is 11.8 Å². The maximum absolute atomic E-state index is 13.0. The lowest BCUT2D eigenvalue weighted by atomic mass is 9.95. The van der Waals surface area contributed by atoms with Gasteiger partial charge in [-0.15, -0.1) is 0 Å². The average molecular weight is 340 g/mol. The fourth-order valence-corrected chi connectivity index (χ4v) is 3.55. The Morgan fingerprint density at radius 3 is 2.64 bits per heavy atom. The molecule has 1 aromatic heterocycles. The SMILES string of the molecule is CC[C@H](C(=O)N1CCCN(CCn2cccn2)CC1)c1ccccc1. The van der Waals surface area contributed by atoms with Crippen molar-refractivity contribution in [3.63, 3.8) is 0 Å². The number of carbonyl (C=O) groups is 1. The lowest BCUT2D eigenvalue weighted by molar-refractivity contribution is -0.132. The van der Waals surface area contributed by atoms with E-state index in [2.05, 4.69) is 34.0 Å². The number of benzene rings is 1. The molecule has 1 aromatic carbocycles. The Hall–Kier alpha value is -2.14. The molecule has 1 aliphatic rings. The molecular weight excluding hydrogens is 312 g/mol. The molecule has 1 atom stereocenters. The quantitative estimate of drug-likeness (QED) is 0.812. The second-order valence-corrected chi connectivity index (χ2v) is 6.66. The van der Waals surface area contributed by atoms with Gasteiger partial charge in [-0.3, -0.25) is 14.4 Å². The van der Waals surface area contributed by atoms with Crippen LogP contribution in [-0.4, -0.2) is 58.2 Å². The Labute approximate surface area is 150 Å². The van der Waals surface area contributed by atoms with E-state index in [9.17, 15) is 4.79 Å². The van der Waals surface area contributed by atoms with Crippen LogP contribution in [0.4, 0.5) is 0 Å². The van der Waals surface area contributed by atoms with Crippen molar-refractivity contribution in [3.8, 4) is 0 Å². The van der Waals surface area contributed by atoms with Crippen molar-refractivity contribution in [2.75, 3.05) is 32.7 Å². The first-order chi connectivity index (χ1) is 12.3. The zero-order valence-electron chi connectivity index (χ0n) is 15.1. The van der Waals surface area contributed by atoms with E-state index in [0.29, 0.717) is 0 Å². The largest absolute Gasteiger partial charge is 0.341 e. The van der Waals surface area contributed by atoms with E-state index in [1.54, 1.807) is 0 Å². The van der Waals surface area contributed by atoms with Gasteiger partial charge < -0.3 is 4.90 Å². The predicted octanol–water partition coefficient (Wildman–Crippen LogP) is 2.61. The molecule has 1 fully saturated rings. The number of nitrogens with zero attached hydrogens (tertiary/aromatic N) is 4. The second-order valence-electron chi connectivity index (χ2n) is 6.66. The van der Waals surface area contributed by atoms with Crippen LogP contribution in [0.15, 0.2) is 48.8 Å². The van der Waals surface area contributed by atoms with Crippen LogP contribution in [0.2, 0.25) is 0 Å². The molecule has 134 valence electrons. The van der Waals surface area contributed by atoms with Crippen molar-refractivity contribution < 1.29 is 4.79 Å². The molecule has 1 amide bonds. The molecule has 0 aliphatic carbocycles. The van der Waals surface area contributed by atoms with Gasteiger partial charge in [0, 0.05) is 38.6 Å². The van der Waals surface area contributed by atoms with Crippen LogP contribution in [0.25, 0.3) is 0 Å². The van der Waals surface area contributed by atoms with Crippen LogP contribution < -0.4 is 0 Å². The van der Waals surface area contributed by atoms with E-state index < -0.39 is 0 Å². The first-order valence-electron chi connectivity index (χ1n) is 9.31. The fraction of sp³-hybridized carbons (Fsp3) is 0.500. The molecule has 1 saturated heterocycles. The zero-order valence-corrected chi connectivity index (χ0v) is 15.1. The standard InChI is InChI=1S/C20H28N4O/c1-2-19(18-8-4-3-5-9-18)20(25)23-12-7-11-22(14-16-23)15-17-24-13-6-10-21-24/h3-6,8-10,13,19H,2,7,11-12,14-17H2,1H3/t19-/m0/s1. The smallest absolute Gasteiger partial charge is 0.230 e. The van der Waals surface area contributed by atoms with Gasteiger partial charge in [-0.2, -0.15) is 5.10 Å². The van der Waals surface area contributed by atoms with Gasteiger partial charge in [-0.05, 0) is 31.0 Å². The first kappa shape index (κ1) is 17.7. The predicted molar refractivity (Wildman–Crippen MR) is 99.3 cm³/mol. The number of aromatic nitrogens is 2. The third kappa shape index (κ3) is 4.69. The summed E-state index contributed by atoms with van der Waals surface area (Å²) in [4.78, 5) is 17.5. The Kier molecular flexibility index (Phi) is 6.23. The molecule has 2 heterocycles. The summed E-state index contributed by atoms with van der Waals surface area (Å²) in [6, 6.07) is 12.1. The summed E-state index contributed by atoms with van der Waals surface area (Å²) in [5.74, 6) is 0.263. The molecule has 0 bridgehead atoms. The normalized spacial score (nSPS) is 17.2. The molecule has 0 radical (unpaired) electrons. The highest BCUT2D eigenvalue weighted by atomic mass is 16.2. The third-order valence-corrected chi connectivity index (χ3v) is 5.01. The van der Waals surface area contributed by atoms with Crippen LogP contribution in [0, 0.1) is 0 Å². The molecule has 25 heavy (non-hydrogen) atoms. The number of carbonyl (C=O) groups excluding carboxylic acids is 1. The lowest BCUT2D eigenvalue weighted by Crippen LogP contribution is -2.38. The molecule has 0 N–H and O–H groups in total. The number of hydrogen-bond acceptors (Lipinski definition) is 3. The Morgan fingerprint density at radius 2 is 1.92 bits per heavy atom. The van der Waals surface area contributed by atoms with Gasteiger partial charge >= 0.3 is 0 Å². The van der Waals surface area contributed by atoms with Crippen molar-refractivity contribution in [2.45, 2.75) is 32.2 Å². The molecular formula is C20H28N4O. The van der Waals surface area contributed by atoms with Gasteiger partial charge in [-0.25, -0.2) is 0 Å². The van der Waals surface area contributed by atoms with E-state index in [4.69, 9.17) is 0 Å². The fourth-order valence-electron chi connectivity index (χ4n) is 3.55. The summed E-state index contributed by atoms with van der Waals surface area (Å²) in [5.41, 5.74) is 1.13. The average Bonchev–Trinajstić information content (AvgIpc) is 3.05. The van der Waals surface area contributed by atoms with Crippen molar-refractivity contribution in [3.05, 3.63) is 54.4 Å². The highest BCUT2D eigenvalue weighted by Gasteiger charge is 2.26. The zero-order chi connectivity index (χ0) is 17.5. The van der Waals surface area contributed by atoms with Crippen LogP contribution in [0.5, 0.6) is 0 Å². The minimum absolute atomic E-state index is 0.0168. The summed E-state index contributed by atoms with van der Waals surface area (Å²) in [6.45, 7) is 7.67. The van der Waals surface area contributed by atoms with E-state index in [0.717, 1.165) is 57.7 Å². The summed E-state index contributed by atoms with van der Waals surface area (Å²) >= 11 is 0. The Morgan fingerprint density at radius 1 is 1.08 bits per heavy atom. The highest BCUT2D eigenvalue weighted by molar-refractivity contribution is 5.83. The maximum Gasteiger partial charge on any atom is 0.230 e. The van der Waals surface area contributed by atoms with Gasteiger partial charge in [0.2, 0.25) is 5.91 Å². The third-order valence-electron chi connectivity index (χ3n) is 5.01. The van der Waals surface area contributed by atoms with Gasteiger partial charge in [0.05, 0.1) is 12.5 Å². The van der Waals surface area contributed by atoms with Crippen LogP contribution in [-0.2, 0) is 11.3 Å². The van der Waals surface area contributed by atoms with E-state index in [1.807, 2.05) is 41.3 Å². The van der Waals surface area contributed by atoms with E-state index in [1.165, 1.54) is 0 Å². The van der Waals surface area contributed by atoms with Gasteiger partial charge in [0.15, 0.2) is 0 Å². The lowest BCUT2D eigenvalue weighted by Gasteiger charge is -2.26. The van der Waals surface area contributed by atoms with Crippen molar-refractivity contribution in [1.82, 2.24) is 19.6 Å². The summed E-state index contributed by atoms with van der Waals surface area (Å²) in [5, 5.41) is 4.26. The van der Waals surface area contributed by atoms with Crippen LogP contribution in [0.1, 0.15) is 31.2 Å². The minimum atomic E-state index is -0.0168. The number of amides is 1. The molecule has 5 heteroatoms. The van der Waals surface area contributed by atoms with Gasteiger partial charge in [0.1, 0.15) is 0 Å². The second kappa shape index (κ2) is 8.81. The minimum Gasteiger partial charge on any atom is -0.341 e. The molecule has 0 unspecified atom stereocenters. The van der Waals surface area contributed by atoms with Gasteiger partial charge in [-0.1, -0.05) is 37.3 Å². The molecule has 5 nitrogen and oxygen atoms in total. The monoisotopic (exact) mass is 340 g/mol. The number of rotatable bonds is 6. The summed E-state index contributed by atoms with van der Waals surface area (Å²) in [7, 11) is 0. The Bertz CT molecular complexity index is 641. The van der Waals surface area contributed by atoms with Crippen LogP contribution in [0.3, 0.4) is 0 Å². The molecule has 0 spiro atoms. The number of hydrogen-bond donors (Lipinski definition) is 0. The highest BCUT2D eigenvalue weighted by Crippen LogP contribution is 2.22. The van der Waals surface area contributed by atoms with Gasteiger partial charge in [0.25, 0.3) is 0 Å². The van der Waals surface area contributed by atoms with Crippen LogP contribution >= 0.6 is 0 Å². The molecule has 0 saturated carbocycles. The maximum atomic E-state index is 13.0. The first-order valence-corrected chi connectivity index (χ1v) is 9.31. The summed E-state index contributed by atoms with van der Waals surface area (Å²) < 4.78 is 1.97. The summed E-state index contributed by atoms with van der Waals surface area (Å²) in [6.07, 6.45) is 5.70. The van der Waals surface area contributed by atoms with E-state index >= 15 is 0 Å². The molecule has 3 rings (SSSR count). The van der Waals surface area contributed by atoms with Crippen molar-refractivity contribution >= 4 is 5.91 Å². The van der Waals surface area contributed by atoms with Crippen molar-refractivity contribution in [2.24, 2.45) is 0 Å². The van der Waals surface area contributed by atoms with Crippen molar-refractivity contribution in [1.29, 1.82) is 0 Å². The topological polar surface area (TPSA) is 41.4 Å². The molecule has 1 aliphatic heterocycles. The molecule has 2 aromatic rings.